The van der Waals surface area contributed by atoms with Crippen molar-refractivity contribution in [3.8, 4) is 0 Å². The normalized spacial score (nSPS) is 15.6. The summed E-state index contributed by atoms with van der Waals surface area (Å²) in [6, 6.07) is 6.57. The third-order valence-corrected chi connectivity index (χ3v) is 2.71. The summed E-state index contributed by atoms with van der Waals surface area (Å²) in [5.41, 5.74) is 6.42. The van der Waals surface area contributed by atoms with Crippen LogP contribution in [0.4, 0.5) is 4.39 Å². The number of hydrogen-bond donors (Lipinski definition) is 1. The predicted octanol–water partition coefficient (Wildman–Crippen LogP) is 3.10. The molecule has 2 N–H and O–H groups in total. The fraction of sp³-hybridized carbons (Fsp3) is 0.571. The highest BCUT2D eigenvalue weighted by Gasteiger charge is 2.28. The van der Waals surface area contributed by atoms with Crippen LogP contribution in [0, 0.1) is 11.2 Å². The molecule has 0 saturated carbocycles. The Bertz CT molecular complexity index is 357. The second-order valence-electron chi connectivity index (χ2n) is 5.55. The van der Waals surface area contributed by atoms with Gasteiger partial charge in [-0.1, -0.05) is 39.0 Å². The molecule has 3 heteroatoms. The highest BCUT2D eigenvalue weighted by Crippen LogP contribution is 2.25. The number of halogens is 1. The first-order chi connectivity index (χ1) is 7.82. The van der Waals surface area contributed by atoms with E-state index in [1.807, 2.05) is 6.92 Å². The fourth-order valence-electron chi connectivity index (χ4n) is 1.99. The number of nitrogens with two attached hydrogens (primary N) is 1. The quantitative estimate of drug-likeness (QED) is 0.876. The molecule has 0 saturated heterocycles. The average Bonchev–Trinajstić information content (AvgIpc) is 2.18. The number of ether oxygens (including phenoxy) is 1. The lowest BCUT2D eigenvalue weighted by Gasteiger charge is -2.33. The predicted molar refractivity (Wildman–Crippen MR) is 68.1 cm³/mol. The molecule has 1 aromatic rings. The van der Waals surface area contributed by atoms with E-state index in [2.05, 4.69) is 20.8 Å². The zero-order chi connectivity index (χ0) is 13.1. The van der Waals surface area contributed by atoms with Gasteiger partial charge in [-0.05, 0) is 18.4 Å². The molecule has 0 aliphatic heterocycles. The molecule has 0 radical (unpaired) electrons. The van der Waals surface area contributed by atoms with E-state index in [1.165, 1.54) is 6.07 Å². The summed E-state index contributed by atoms with van der Waals surface area (Å²) in [5.74, 6) is -0.232. The molecular formula is C14H22FNO. The lowest BCUT2D eigenvalue weighted by Crippen LogP contribution is -2.43. The Kier molecular flexibility index (Phi) is 4.66. The highest BCUT2D eigenvalue weighted by atomic mass is 19.1. The topological polar surface area (TPSA) is 35.2 Å². The molecular weight excluding hydrogens is 217 g/mol. The van der Waals surface area contributed by atoms with Crippen LogP contribution in [0.5, 0.6) is 0 Å². The van der Waals surface area contributed by atoms with Gasteiger partial charge in [0.2, 0.25) is 0 Å². The third kappa shape index (κ3) is 4.10. The molecule has 0 spiro atoms. The first kappa shape index (κ1) is 14.1. The van der Waals surface area contributed by atoms with Crippen molar-refractivity contribution in [1.29, 1.82) is 0 Å². The summed E-state index contributed by atoms with van der Waals surface area (Å²) in [5, 5.41) is 0. The standard InChI is InChI=1S/C14H22FNO/c1-10(16)13(14(2,3)4)17-9-11-7-5-6-8-12(11)15/h5-8,10,13H,9,16H2,1-4H3. The van der Waals surface area contributed by atoms with E-state index in [4.69, 9.17) is 10.5 Å². The smallest absolute Gasteiger partial charge is 0.128 e. The molecule has 2 unspecified atom stereocenters. The van der Waals surface area contributed by atoms with Gasteiger partial charge in [0.15, 0.2) is 0 Å². The molecule has 1 aromatic carbocycles. The van der Waals surface area contributed by atoms with E-state index in [9.17, 15) is 4.39 Å². The van der Waals surface area contributed by atoms with Crippen molar-refractivity contribution in [2.24, 2.45) is 11.1 Å². The number of benzene rings is 1. The second kappa shape index (κ2) is 5.61. The lowest BCUT2D eigenvalue weighted by molar-refractivity contribution is -0.0408. The maximum Gasteiger partial charge on any atom is 0.128 e. The van der Waals surface area contributed by atoms with Gasteiger partial charge >= 0.3 is 0 Å². The molecule has 1 rings (SSSR count). The molecule has 2 nitrogen and oxygen atoms in total. The van der Waals surface area contributed by atoms with Crippen LogP contribution in [0.15, 0.2) is 24.3 Å². The van der Waals surface area contributed by atoms with Gasteiger partial charge in [0.1, 0.15) is 5.82 Å². The molecule has 0 amide bonds. The Labute approximate surface area is 103 Å². The molecule has 0 aliphatic rings. The van der Waals surface area contributed by atoms with Crippen molar-refractivity contribution in [3.63, 3.8) is 0 Å². The Morgan fingerprint density at radius 1 is 1.29 bits per heavy atom. The molecule has 0 bridgehead atoms. The number of rotatable bonds is 4. The minimum Gasteiger partial charge on any atom is -0.371 e. The van der Waals surface area contributed by atoms with Gasteiger partial charge in [-0.25, -0.2) is 4.39 Å². The van der Waals surface area contributed by atoms with Crippen LogP contribution in [0.1, 0.15) is 33.3 Å². The molecule has 0 aromatic heterocycles. The van der Waals surface area contributed by atoms with Crippen LogP contribution in [0.25, 0.3) is 0 Å². The Balaban J connectivity index is 2.68. The minimum atomic E-state index is -0.232. The summed E-state index contributed by atoms with van der Waals surface area (Å²) >= 11 is 0. The van der Waals surface area contributed by atoms with Crippen LogP contribution in [-0.4, -0.2) is 12.1 Å². The summed E-state index contributed by atoms with van der Waals surface area (Å²) in [6.45, 7) is 8.39. The van der Waals surface area contributed by atoms with E-state index < -0.39 is 0 Å². The van der Waals surface area contributed by atoms with Crippen LogP contribution >= 0.6 is 0 Å². The van der Waals surface area contributed by atoms with Crippen molar-refractivity contribution in [1.82, 2.24) is 0 Å². The SMILES string of the molecule is CC(N)C(OCc1ccccc1F)C(C)(C)C. The fourth-order valence-corrected chi connectivity index (χ4v) is 1.99. The third-order valence-electron chi connectivity index (χ3n) is 2.71. The van der Waals surface area contributed by atoms with Crippen LogP contribution in [0.3, 0.4) is 0 Å². The van der Waals surface area contributed by atoms with Crippen LogP contribution in [-0.2, 0) is 11.3 Å². The monoisotopic (exact) mass is 239 g/mol. The average molecular weight is 239 g/mol. The summed E-state index contributed by atoms with van der Waals surface area (Å²) in [7, 11) is 0. The van der Waals surface area contributed by atoms with Gasteiger partial charge in [0.25, 0.3) is 0 Å². The molecule has 0 fully saturated rings. The van der Waals surface area contributed by atoms with Gasteiger partial charge in [-0.15, -0.1) is 0 Å². The van der Waals surface area contributed by atoms with E-state index >= 15 is 0 Å². The van der Waals surface area contributed by atoms with Gasteiger partial charge < -0.3 is 10.5 Å². The van der Waals surface area contributed by atoms with Gasteiger partial charge in [-0.3, -0.25) is 0 Å². The van der Waals surface area contributed by atoms with Crippen molar-refractivity contribution < 1.29 is 9.13 Å². The number of hydrogen-bond acceptors (Lipinski definition) is 2. The van der Waals surface area contributed by atoms with Crippen LogP contribution < -0.4 is 5.73 Å². The molecule has 96 valence electrons. The highest BCUT2D eigenvalue weighted by molar-refractivity contribution is 5.16. The maximum absolute atomic E-state index is 13.4. The van der Waals surface area contributed by atoms with Crippen molar-refractivity contribution >= 4 is 0 Å². The Morgan fingerprint density at radius 2 is 1.88 bits per heavy atom. The minimum absolute atomic E-state index is 0.0561. The second-order valence-corrected chi connectivity index (χ2v) is 5.55. The lowest BCUT2D eigenvalue weighted by atomic mass is 9.85. The van der Waals surface area contributed by atoms with E-state index in [-0.39, 0.29) is 30.0 Å². The molecule has 2 atom stereocenters. The van der Waals surface area contributed by atoms with E-state index in [0.717, 1.165) is 0 Å². The summed E-state index contributed by atoms with van der Waals surface area (Å²) in [4.78, 5) is 0. The summed E-state index contributed by atoms with van der Waals surface area (Å²) < 4.78 is 19.2. The molecule has 0 heterocycles. The van der Waals surface area contributed by atoms with Crippen molar-refractivity contribution in [2.45, 2.75) is 46.4 Å². The Hall–Kier alpha value is -0.930. The molecule has 17 heavy (non-hydrogen) atoms. The van der Waals surface area contributed by atoms with Crippen molar-refractivity contribution in [2.75, 3.05) is 0 Å². The Morgan fingerprint density at radius 3 is 2.35 bits per heavy atom. The van der Waals surface area contributed by atoms with E-state index in [0.29, 0.717) is 5.56 Å². The zero-order valence-electron chi connectivity index (χ0n) is 11.0. The van der Waals surface area contributed by atoms with Gasteiger partial charge in [-0.2, -0.15) is 0 Å². The largest absolute Gasteiger partial charge is 0.371 e. The zero-order valence-corrected chi connectivity index (χ0v) is 11.0. The molecule has 0 aliphatic carbocycles. The summed E-state index contributed by atoms with van der Waals surface area (Å²) in [6.07, 6.45) is -0.0953. The van der Waals surface area contributed by atoms with Gasteiger partial charge in [0, 0.05) is 11.6 Å². The van der Waals surface area contributed by atoms with Crippen LogP contribution in [0.2, 0.25) is 0 Å². The maximum atomic E-state index is 13.4. The van der Waals surface area contributed by atoms with E-state index in [1.54, 1.807) is 18.2 Å². The van der Waals surface area contributed by atoms with Gasteiger partial charge in [0.05, 0.1) is 12.7 Å². The first-order valence-corrected chi connectivity index (χ1v) is 5.93. The first-order valence-electron chi connectivity index (χ1n) is 5.93. The van der Waals surface area contributed by atoms with Crippen molar-refractivity contribution in [3.05, 3.63) is 35.6 Å².